The first-order valence-corrected chi connectivity index (χ1v) is 17.0. The molecular formula is C29H50N4O9Si. The Morgan fingerprint density at radius 3 is 2.09 bits per heavy atom. The van der Waals surface area contributed by atoms with Crippen molar-refractivity contribution in [2.75, 3.05) is 32.9 Å². The van der Waals surface area contributed by atoms with E-state index >= 15 is 0 Å². The Labute approximate surface area is 256 Å². The summed E-state index contributed by atoms with van der Waals surface area (Å²) in [7, 11) is -2.85. The van der Waals surface area contributed by atoms with Gasteiger partial charge < -0.3 is 34.0 Å². The van der Waals surface area contributed by atoms with E-state index in [1.165, 1.54) is 18.2 Å². The summed E-state index contributed by atoms with van der Waals surface area (Å²) in [5, 5.41) is 20.0. The van der Waals surface area contributed by atoms with Crippen LogP contribution in [0.15, 0.2) is 24.3 Å². The molecule has 1 atom stereocenters. The molecule has 0 heterocycles. The molecule has 0 aromatic heterocycles. The monoisotopic (exact) mass is 626 g/mol. The minimum Gasteiger partial charge on any atom is -0.460 e. The maximum Gasteiger partial charge on any atom is 0.500 e. The van der Waals surface area contributed by atoms with Crippen LogP contribution in [0.3, 0.4) is 0 Å². The van der Waals surface area contributed by atoms with Crippen LogP contribution in [0.1, 0.15) is 91.7 Å². The highest BCUT2D eigenvalue weighted by molar-refractivity contribution is 6.60. The van der Waals surface area contributed by atoms with Gasteiger partial charge in [0.1, 0.15) is 5.60 Å². The van der Waals surface area contributed by atoms with Crippen molar-refractivity contribution in [1.29, 1.82) is 0 Å². The lowest BCUT2D eigenvalue weighted by Gasteiger charge is -2.28. The van der Waals surface area contributed by atoms with Gasteiger partial charge in [0.25, 0.3) is 5.69 Å². The van der Waals surface area contributed by atoms with Gasteiger partial charge in [-0.2, -0.15) is 0 Å². The minimum absolute atomic E-state index is 0.189. The number of hydrogen-bond acceptors (Lipinski definition) is 9. The minimum atomic E-state index is -2.85. The fraction of sp³-hybridized carbons (Fsp3) is 0.690. The Morgan fingerprint density at radius 1 is 0.907 bits per heavy atom. The number of nitrogens with one attached hydrogen (secondary N) is 3. The van der Waals surface area contributed by atoms with Crippen molar-refractivity contribution in [3.8, 4) is 0 Å². The molecule has 1 aromatic rings. The molecule has 0 spiro atoms. The predicted octanol–water partition coefficient (Wildman–Crippen LogP) is 4.78. The van der Waals surface area contributed by atoms with E-state index in [4.69, 9.17) is 18.0 Å². The summed E-state index contributed by atoms with van der Waals surface area (Å²) in [5.74, 6) is -0.621. The van der Waals surface area contributed by atoms with Crippen LogP contribution in [-0.4, -0.2) is 70.1 Å². The van der Waals surface area contributed by atoms with Crippen molar-refractivity contribution in [3.05, 3.63) is 39.9 Å². The van der Waals surface area contributed by atoms with Crippen molar-refractivity contribution in [2.45, 2.75) is 97.8 Å². The Bertz CT molecular complexity index is 1000. The quantitative estimate of drug-likeness (QED) is 0.0572. The first kappa shape index (κ1) is 38.0. The number of urea groups is 1. The molecule has 244 valence electrons. The summed E-state index contributed by atoms with van der Waals surface area (Å²) in [5.41, 5.74) is -0.487. The summed E-state index contributed by atoms with van der Waals surface area (Å²) < 4.78 is 22.8. The molecule has 3 amide bonds. The molecule has 14 heteroatoms. The van der Waals surface area contributed by atoms with Crippen molar-refractivity contribution >= 4 is 32.4 Å². The highest BCUT2D eigenvalue weighted by atomic mass is 28.4. The molecule has 0 aliphatic rings. The molecule has 1 unspecified atom stereocenters. The van der Waals surface area contributed by atoms with Gasteiger partial charge in [0.05, 0.1) is 22.9 Å². The Balaban J connectivity index is 2.71. The summed E-state index contributed by atoms with van der Waals surface area (Å²) in [6.07, 6.45) is 2.64. The molecule has 0 bridgehead atoms. The molecule has 43 heavy (non-hydrogen) atoms. The maximum atomic E-state index is 12.8. The number of nitrogens with zero attached hydrogens (tertiary/aromatic N) is 1. The number of carbonyl (C=O) groups excluding carboxylic acids is 3. The van der Waals surface area contributed by atoms with Crippen molar-refractivity contribution in [2.24, 2.45) is 0 Å². The molecule has 0 aliphatic heterocycles. The molecular weight excluding hydrogens is 576 g/mol. The topological polar surface area (TPSA) is 167 Å². The Hall–Kier alpha value is -3.07. The smallest absolute Gasteiger partial charge is 0.460 e. The third-order valence-corrected chi connectivity index (χ3v) is 9.19. The standard InChI is InChI=1S/C29H50N4O9Si/c1-7-39-43(40-8-2,41-9-3)21-15-20-31-28(36)32-24(23-16-12-13-17-25(23)33(37)38)22-26(34)30-19-14-10-11-18-27(35)42-29(4,5)6/h12-13,16-17,24H,7-11,14-15,18-22H2,1-6H3,(H,30,34)(H2,31,32,36). The van der Waals surface area contributed by atoms with Gasteiger partial charge in [-0.25, -0.2) is 4.79 Å². The summed E-state index contributed by atoms with van der Waals surface area (Å²) in [6.45, 7) is 13.1. The number of ether oxygens (including phenoxy) is 1. The largest absolute Gasteiger partial charge is 0.500 e. The van der Waals surface area contributed by atoms with Crippen LogP contribution in [0.2, 0.25) is 6.04 Å². The Morgan fingerprint density at radius 2 is 1.51 bits per heavy atom. The average Bonchev–Trinajstić information content (AvgIpc) is 2.92. The molecule has 0 fully saturated rings. The number of benzene rings is 1. The first-order valence-electron chi connectivity index (χ1n) is 15.0. The van der Waals surface area contributed by atoms with Crippen LogP contribution < -0.4 is 16.0 Å². The molecule has 0 saturated carbocycles. The van der Waals surface area contributed by atoms with Gasteiger partial charge >= 0.3 is 20.8 Å². The lowest BCUT2D eigenvalue weighted by atomic mass is 10.0. The van der Waals surface area contributed by atoms with Gasteiger partial charge in [0.2, 0.25) is 5.91 Å². The van der Waals surface area contributed by atoms with Crippen LogP contribution in [0, 0.1) is 10.1 Å². The predicted molar refractivity (Wildman–Crippen MR) is 164 cm³/mol. The number of amides is 3. The highest BCUT2D eigenvalue weighted by Gasteiger charge is 2.39. The Kier molecular flexibility index (Phi) is 17.6. The number of carbonyl (C=O) groups is 3. The number of hydrogen-bond donors (Lipinski definition) is 3. The summed E-state index contributed by atoms with van der Waals surface area (Å²) >= 11 is 0. The summed E-state index contributed by atoms with van der Waals surface area (Å²) in [4.78, 5) is 48.6. The second kappa shape index (κ2) is 20.0. The third kappa shape index (κ3) is 15.8. The van der Waals surface area contributed by atoms with Gasteiger partial charge in [0.15, 0.2) is 0 Å². The molecule has 13 nitrogen and oxygen atoms in total. The van der Waals surface area contributed by atoms with Gasteiger partial charge in [-0.15, -0.1) is 0 Å². The lowest BCUT2D eigenvalue weighted by Crippen LogP contribution is -2.47. The van der Waals surface area contributed by atoms with Crippen molar-refractivity contribution in [3.63, 3.8) is 0 Å². The van der Waals surface area contributed by atoms with E-state index in [2.05, 4.69) is 16.0 Å². The van der Waals surface area contributed by atoms with E-state index in [1.54, 1.807) is 6.07 Å². The number of nitro groups is 1. The van der Waals surface area contributed by atoms with Crippen LogP contribution in [0.25, 0.3) is 0 Å². The maximum absolute atomic E-state index is 12.8. The van der Waals surface area contributed by atoms with Gasteiger partial charge in [-0.1, -0.05) is 24.6 Å². The zero-order valence-electron chi connectivity index (χ0n) is 26.5. The third-order valence-electron chi connectivity index (χ3n) is 6.04. The second-order valence-electron chi connectivity index (χ2n) is 10.8. The number of nitro benzene ring substituents is 1. The van der Waals surface area contributed by atoms with E-state index < -0.39 is 31.4 Å². The molecule has 1 rings (SSSR count). The van der Waals surface area contributed by atoms with Crippen LogP contribution in [0.4, 0.5) is 10.5 Å². The zero-order valence-corrected chi connectivity index (χ0v) is 27.5. The molecule has 0 radical (unpaired) electrons. The van der Waals surface area contributed by atoms with E-state index in [0.29, 0.717) is 64.5 Å². The molecule has 1 aromatic carbocycles. The number of unbranched alkanes of at least 4 members (excludes halogenated alkanes) is 2. The van der Waals surface area contributed by atoms with Crippen LogP contribution in [-0.2, 0) is 27.6 Å². The van der Waals surface area contributed by atoms with Gasteiger partial charge in [-0.3, -0.25) is 19.7 Å². The van der Waals surface area contributed by atoms with E-state index in [9.17, 15) is 24.5 Å². The summed E-state index contributed by atoms with van der Waals surface area (Å²) in [6, 6.07) is 5.03. The van der Waals surface area contributed by atoms with E-state index in [0.717, 1.165) is 0 Å². The van der Waals surface area contributed by atoms with Crippen LogP contribution >= 0.6 is 0 Å². The van der Waals surface area contributed by atoms with Gasteiger partial charge in [-0.05, 0) is 60.8 Å². The lowest BCUT2D eigenvalue weighted by molar-refractivity contribution is -0.385. The fourth-order valence-electron chi connectivity index (χ4n) is 4.35. The average molecular weight is 627 g/mol. The zero-order chi connectivity index (χ0) is 32.3. The number of esters is 1. The van der Waals surface area contributed by atoms with Crippen LogP contribution in [0.5, 0.6) is 0 Å². The number of para-hydroxylation sites is 1. The van der Waals surface area contributed by atoms with Crippen molar-refractivity contribution < 1.29 is 37.3 Å². The molecule has 3 N–H and O–H groups in total. The van der Waals surface area contributed by atoms with E-state index in [1.807, 2.05) is 41.5 Å². The van der Waals surface area contributed by atoms with Crippen molar-refractivity contribution in [1.82, 2.24) is 16.0 Å². The molecule has 0 aliphatic carbocycles. The SMILES string of the molecule is CCO[Si](CCCNC(=O)NC(CC(=O)NCCCCCC(=O)OC(C)(C)C)c1ccccc1[N+](=O)[O-])(OCC)OCC. The highest BCUT2D eigenvalue weighted by Crippen LogP contribution is 2.27. The fourth-order valence-corrected chi connectivity index (χ4v) is 6.97. The van der Waals surface area contributed by atoms with Gasteiger partial charge in [0, 0.05) is 51.4 Å². The first-order chi connectivity index (χ1) is 20.4. The van der Waals surface area contributed by atoms with E-state index in [-0.39, 0.29) is 36.1 Å². The molecule has 0 saturated heterocycles. The second-order valence-corrected chi connectivity index (χ2v) is 13.5. The number of rotatable bonds is 21. The normalized spacial score (nSPS) is 12.3.